The largest absolute Gasteiger partial charge is 0.480 e. The van der Waals surface area contributed by atoms with Crippen molar-refractivity contribution in [1.29, 1.82) is 0 Å². The molecule has 0 amide bonds. The average Bonchev–Trinajstić information content (AvgIpc) is 2.28. The van der Waals surface area contributed by atoms with E-state index >= 15 is 0 Å². The molecule has 0 unspecified atom stereocenters. The summed E-state index contributed by atoms with van der Waals surface area (Å²) in [6.07, 6.45) is 0. The Morgan fingerprint density at radius 3 is 2.56 bits per heavy atom. The van der Waals surface area contributed by atoms with Crippen molar-refractivity contribution in [3.05, 3.63) is 42.5 Å². The zero-order valence-corrected chi connectivity index (χ0v) is 9.70. The van der Waals surface area contributed by atoms with E-state index in [9.17, 15) is 4.79 Å². The van der Waals surface area contributed by atoms with Gasteiger partial charge in [-0.2, -0.15) is 0 Å². The second-order valence-electron chi connectivity index (χ2n) is 3.61. The van der Waals surface area contributed by atoms with Crippen LogP contribution in [0.3, 0.4) is 0 Å². The second-order valence-corrected chi connectivity index (χ2v) is 5.02. The van der Waals surface area contributed by atoms with Gasteiger partial charge in [0.25, 0.3) is 0 Å². The zero-order valence-electron chi connectivity index (χ0n) is 8.88. The minimum Gasteiger partial charge on any atom is -0.480 e. The van der Waals surface area contributed by atoms with Crippen LogP contribution in [0.15, 0.2) is 47.4 Å². The van der Waals surface area contributed by atoms with Gasteiger partial charge in [0, 0.05) is 4.90 Å². The summed E-state index contributed by atoms with van der Waals surface area (Å²) in [6, 6.07) is 14.1. The van der Waals surface area contributed by atoms with E-state index in [0.717, 1.165) is 10.3 Å². The number of thioether (sulfide) groups is 1. The van der Waals surface area contributed by atoms with Crippen LogP contribution in [-0.2, 0) is 4.79 Å². The van der Waals surface area contributed by atoms with Gasteiger partial charge in [-0.3, -0.25) is 4.79 Å². The number of carboxylic acid groups (broad SMARTS) is 1. The van der Waals surface area contributed by atoms with Crippen LogP contribution in [0, 0.1) is 0 Å². The van der Waals surface area contributed by atoms with E-state index in [4.69, 9.17) is 5.11 Å². The molecule has 0 fully saturated rings. The Bertz CT molecular complexity index is 522. The number of fused-ring (bicyclic) bond motifs is 1. The number of benzene rings is 2. The third kappa shape index (κ3) is 2.36. The maximum absolute atomic E-state index is 10.7. The Morgan fingerprint density at radius 1 is 1.19 bits per heavy atom. The number of carboxylic acids is 1. The minimum atomic E-state index is -0.779. The van der Waals surface area contributed by atoms with Crippen molar-refractivity contribution in [2.45, 2.75) is 17.1 Å². The van der Waals surface area contributed by atoms with Gasteiger partial charge in [-0.05, 0) is 29.8 Å². The maximum Gasteiger partial charge on any atom is 0.316 e. The van der Waals surface area contributed by atoms with E-state index in [2.05, 4.69) is 0 Å². The Balaban J connectivity index is 2.29. The third-order valence-corrected chi connectivity index (χ3v) is 3.46. The third-order valence-electron chi connectivity index (χ3n) is 2.38. The van der Waals surface area contributed by atoms with Crippen molar-refractivity contribution in [2.75, 3.05) is 0 Å². The average molecular weight is 232 g/mol. The Morgan fingerprint density at radius 2 is 1.88 bits per heavy atom. The standard InChI is InChI=1S/C13H12O2S/c1-9(13(14)15)16-12-7-6-10-4-2-3-5-11(10)8-12/h2-9H,1H3,(H,14,15)/t9-/m1/s1. The van der Waals surface area contributed by atoms with E-state index in [1.165, 1.54) is 17.1 Å². The van der Waals surface area contributed by atoms with Crippen LogP contribution < -0.4 is 0 Å². The van der Waals surface area contributed by atoms with Crippen LogP contribution in [0.1, 0.15) is 6.92 Å². The molecule has 2 rings (SSSR count). The molecule has 16 heavy (non-hydrogen) atoms. The van der Waals surface area contributed by atoms with Crippen LogP contribution in [0.5, 0.6) is 0 Å². The highest BCUT2D eigenvalue weighted by atomic mass is 32.2. The topological polar surface area (TPSA) is 37.3 Å². The van der Waals surface area contributed by atoms with Gasteiger partial charge < -0.3 is 5.11 Å². The van der Waals surface area contributed by atoms with Gasteiger partial charge >= 0.3 is 5.97 Å². The van der Waals surface area contributed by atoms with Gasteiger partial charge in [-0.1, -0.05) is 30.3 Å². The summed E-state index contributed by atoms with van der Waals surface area (Å²) in [6.45, 7) is 1.70. The first-order valence-electron chi connectivity index (χ1n) is 5.05. The maximum atomic E-state index is 10.7. The lowest BCUT2D eigenvalue weighted by atomic mass is 10.1. The molecule has 2 nitrogen and oxygen atoms in total. The van der Waals surface area contributed by atoms with Gasteiger partial charge in [0.15, 0.2) is 0 Å². The summed E-state index contributed by atoms with van der Waals surface area (Å²) < 4.78 is 0. The van der Waals surface area contributed by atoms with E-state index in [1.54, 1.807) is 6.92 Å². The summed E-state index contributed by atoms with van der Waals surface area (Å²) in [4.78, 5) is 11.7. The summed E-state index contributed by atoms with van der Waals surface area (Å²) in [5.74, 6) is -0.779. The first-order valence-corrected chi connectivity index (χ1v) is 5.93. The summed E-state index contributed by atoms with van der Waals surface area (Å²) in [5, 5.41) is 10.7. The number of rotatable bonds is 3. The lowest BCUT2D eigenvalue weighted by Crippen LogP contribution is -2.10. The molecule has 0 heterocycles. The highest BCUT2D eigenvalue weighted by Gasteiger charge is 2.12. The molecule has 0 aliphatic heterocycles. The van der Waals surface area contributed by atoms with E-state index in [1.807, 2.05) is 42.5 Å². The number of hydrogen-bond donors (Lipinski definition) is 1. The fourth-order valence-corrected chi connectivity index (χ4v) is 2.35. The van der Waals surface area contributed by atoms with Crippen LogP contribution in [0.25, 0.3) is 10.8 Å². The van der Waals surface area contributed by atoms with Crippen LogP contribution in [0.4, 0.5) is 0 Å². The molecular weight excluding hydrogens is 220 g/mol. The monoisotopic (exact) mass is 232 g/mol. The molecule has 0 saturated carbocycles. The van der Waals surface area contributed by atoms with Crippen molar-refractivity contribution in [3.8, 4) is 0 Å². The SMILES string of the molecule is C[C@@H](Sc1ccc2ccccc2c1)C(=O)O. The van der Waals surface area contributed by atoms with Gasteiger partial charge in [-0.25, -0.2) is 0 Å². The number of aliphatic carboxylic acids is 1. The smallest absolute Gasteiger partial charge is 0.316 e. The Labute approximate surface area is 98.3 Å². The van der Waals surface area contributed by atoms with Crippen LogP contribution in [0.2, 0.25) is 0 Å². The molecule has 0 aliphatic rings. The molecular formula is C13H12O2S. The Hall–Kier alpha value is -1.48. The molecule has 1 N–H and O–H groups in total. The summed E-state index contributed by atoms with van der Waals surface area (Å²) >= 11 is 1.37. The van der Waals surface area contributed by atoms with Crippen molar-refractivity contribution < 1.29 is 9.90 Å². The first kappa shape index (κ1) is 11.0. The number of carbonyl (C=O) groups is 1. The minimum absolute atomic E-state index is 0.416. The Kier molecular flexibility index (Phi) is 3.15. The van der Waals surface area contributed by atoms with E-state index < -0.39 is 11.2 Å². The van der Waals surface area contributed by atoms with Crippen molar-refractivity contribution >= 4 is 28.5 Å². The summed E-state index contributed by atoms with van der Waals surface area (Å²) in [7, 11) is 0. The molecule has 0 aromatic heterocycles. The first-order chi connectivity index (χ1) is 7.66. The highest BCUT2D eigenvalue weighted by Crippen LogP contribution is 2.26. The fraction of sp³-hybridized carbons (Fsp3) is 0.154. The van der Waals surface area contributed by atoms with Gasteiger partial charge in [0.2, 0.25) is 0 Å². The lowest BCUT2D eigenvalue weighted by molar-refractivity contribution is -0.136. The number of hydrogen-bond acceptors (Lipinski definition) is 2. The van der Waals surface area contributed by atoms with Crippen LogP contribution >= 0.6 is 11.8 Å². The molecule has 1 atom stereocenters. The van der Waals surface area contributed by atoms with Gasteiger partial charge in [-0.15, -0.1) is 11.8 Å². The summed E-state index contributed by atoms with van der Waals surface area (Å²) in [5.41, 5.74) is 0. The van der Waals surface area contributed by atoms with E-state index in [-0.39, 0.29) is 0 Å². The van der Waals surface area contributed by atoms with Crippen LogP contribution in [-0.4, -0.2) is 16.3 Å². The second kappa shape index (κ2) is 4.58. The molecule has 0 spiro atoms. The van der Waals surface area contributed by atoms with Crippen molar-refractivity contribution in [2.24, 2.45) is 0 Å². The molecule has 0 bridgehead atoms. The molecule has 0 radical (unpaired) electrons. The van der Waals surface area contributed by atoms with Gasteiger partial charge in [0.1, 0.15) is 5.25 Å². The predicted molar refractivity (Wildman–Crippen MR) is 66.9 cm³/mol. The zero-order chi connectivity index (χ0) is 11.5. The quantitative estimate of drug-likeness (QED) is 0.824. The molecule has 3 heteroatoms. The molecule has 2 aromatic carbocycles. The molecule has 0 saturated heterocycles. The normalized spacial score (nSPS) is 12.6. The molecule has 0 aliphatic carbocycles. The fourth-order valence-electron chi connectivity index (χ4n) is 1.50. The van der Waals surface area contributed by atoms with Gasteiger partial charge in [0.05, 0.1) is 0 Å². The van der Waals surface area contributed by atoms with Crippen molar-refractivity contribution in [3.63, 3.8) is 0 Å². The highest BCUT2D eigenvalue weighted by molar-refractivity contribution is 8.00. The molecule has 2 aromatic rings. The lowest BCUT2D eigenvalue weighted by Gasteiger charge is -2.06. The molecule has 82 valence electrons. The van der Waals surface area contributed by atoms with Crippen molar-refractivity contribution in [1.82, 2.24) is 0 Å². The van der Waals surface area contributed by atoms with E-state index in [0.29, 0.717) is 0 Å². The predicted octanol–water partition coefficient (Wildman–Crippen LogP) is 3.41.